The number of aliphatic hydroxyl groups is 1. The molecule has 0 radical (unpaired) electrons. The Balaban J connectivity index is 1.53. The molecule has 5 rings (SSSR count). The zero-order valence-electron chi connectivity index (χ0n) is 17.5. The van der Waals surface area contributed by atoms with Gasteiger partial charge in [-0.3, -0.25) is 4.79 Å². The lowest BCUT2D eigenvalue weighted by molar-refractivity contribution is -0.143. The fraction of sp³-hybridized carbons (Fsp3) is 0.455. The van der Waals surface area contributed by atoms with Crippen molar-refractivity contribution in [1.82, 2.24) is 4.98 Å². The van der Waals surface area contributed by atoms with E-state index in [4.69, 9.17) is 9.47 Å². The second-order valence-electron chi connectivity index (χ2n) is 8.80. The molecule has 1 aromatic carbocycles. The van der Waals surface area contributed by atoms with Crippen LogP contribution in [0.25, 0.3) is 0 Å². The van der Waals surface area contributed by atoms with Crippen LogP contribution < -0.4 is 10.1 Å². The van der Waals surface area contributed by atoms with Crippen LogP contribution in [0.1, 0.15) is 29.5 Å². The number of ether oxygens (including phenoxy) is 2. The summed E-state index contributed by atoms with van der Waals surface area (Å²) in [7, 11) is 1.40. The van der Waals surface area contributed by atoms with E-state index in [1.165, 1.54) is 13.3 Å². The van der Waals surface area contributed by atoms with Crippen LogP contribution in [0.2, 0.25) is 0 Å². The topological polar surface area (TPSA) is 80.7 Å². The minimum atomic E-state index is -5.05. The van der Waals surface area contributed by atoms with Gasteiger partial charge in [-0.05, 0) is 36.2 Å². The second-order valence-corrected chi connectivity index (χ2v) is 8.80. The number of methoxy groups -OCH3 is 1. The Morgan fingerprint density at radius 1 is 1.15 bits per heavy atom. The van der Waals surface area contributed by atoms with E-state index >= 15 is 0 Å². The van der Waals surface area contributed by atoms with Crippen LogP contribution >= 0.6 is 0 Å². The number of hydrogen-bond acceptors (Lipinski definition) is 5. The van der Waals surface area contributed by atoms with Crippen molar-refractivity contribution >= 4 is 11.6 Å². The predicted molar refractivity (Wildman–Crippen MR) is 104 cm³/mol. The Morgan fingerprint density at radius 3 is 2.38 bits per heavy atom. The van der Waals surface area contributed by atoms with Crippen LogP contribution in [0, 0.1) is 5.41 Å². The molecule has 5 atom stereocenters. The van der Waals surface area contributed by atoms with Gasteiger partial charge < -0.3 is 19.9 Å². The molecule has 2 saturated heterocycles. The lowest BCUT2D eigenvalue weighted by Crippen LogP contribution is -2.44. The van der Waals surface area contributed by atoms with Crippen LogP contribution in [0.4, 0.5) is 32.0 Å². The lowest BCUT2D eigenvalue weighted by atomic mass is 9.74. The highest BCUT2D eigenvalue weighted by atomic mass is 19.4. The van der Waals surface area contributed by atoms with Gasteiger partial charge in [-0.15, -0.1) is 0 Å². The molecule has 0 spiro atoms. The van der Waals surface area contributed by atoms with E-state index < -0.39 is 64.2 Å². The first-order valence-corrected chi connectivity index (χ1v) is 10.3. The molecule has 3 fully saturated rings. The number of anilines is 1. The monoisotopic (exact) mass is 488 g/mol. The minimum Gasteiger partial charge on any atom is -0.481 e. The van der Waals surface area contributed by atoms with Crippen LogP contribution in [-0.4, -0.2) is 41.4 Å². The third-order valence-electron chi connectivity index (χ3n) is 7.09. The molecule has 3 aliphatic rings. The van der Waals surface area contributed by atoms with Gasteiger partial charge in [-0.2, -0.15) is 26.3 Å². The summed E-state index contributed by atoms with van der Waals surface area (Å²) in [6.45, 7) is 0. The van der Waals surface area contributed by atoms with E-state index in [1.54, 1.807) is 12.1 Å². The molecule has 5 unspecified atom stereocenters. The predicted octanol–water partition coefficient (Wildman–Crippen LogP) is 3.93. The van der Waals surface area contributed by atoms with Crippen molar-refractivity contribution in [2.24, 2.45) is 5.41 Å². The van der Waals surface area contributed by atoms with Crippen molar-refractivity contribution in [2.45, 2.75) is 48.9 Å². The molecule has 182 valence electrons. The number of hydrogen-bond donors (Lipinski definition) is 2. The summed E-state index contributed by atoms with van der Waals surface area (Å²) in [6, 6.07) is 4.13. The third kappa shape index (κ3) is 3.11. The molecule has 12 heteroatoms. The molecule has 1 amide bonds. The number of aromatic nitrogens is 1. The van der Waals surface area contributed by atoms with Gasteiger partial charge in [0.2, 0.25) is 11.8 Å². The summed E-state index contributed by atoms with van der Waals surface area (Å²) in [4.78, 5) is 17.5. The molecule has 1 aliphatic carbocycles. The van der Waals surface area contributed by atoms with Gasteiger partial charge in [-0.1, -0.05) is 0 Å². The summed E-state index contributed by atoms with van der Waals surface area (Å²) in [6.07, 6.45) is -10.7. The number of pyridine rings is 1. The van der Waals surface area contributed by atoms with E-state index in [-0.39, 0.29) is 24.8 Å². The maximum atomic E-state index is 13.4. The first-order valence-electron chi connectivity index (χ1n) is 10.3. The van der Waals surface area contributed by atoms with E-state index in [1.807, 2.05) is 0 Å². The number of aliphatic hydroxyl groups excluding tert-OH is 1. The van der Waals surface area contributed by atoms with E-state index in [2.05, 4.69) is 10.3 Å². The Kier molecular flexibility index (Phi) is 4.77. The van der Waals surface area contributed by atoms with Crippen LogP contribution in [0.5, 0.6) is 5.88 Å². The van der Waals surface area contributed by atoms with E-state index in [0.29, 0.717) is 17.7 Å². The highest BCUT2D eigenvalue weighted by Gasteiger charge is 2.87. The number of rotatable bonds is 4. The molecule has 1 aromatic heterocycles. The highest BCUT2D eigenvalue weighted by molar-refractivity contribution is 6.01. The van der Waals surface area contributed by atoms with Gasteiger partial charge >= 0.3 is 12.4 Å². The highest BCUT2D eigenvalue weighted by Crippen LogP contribution is 2.77. The zero-order chi connectivity index (χ0) is 24.7. The summed E-state index contributed by atoms with van der Waals surface area (Å²) >= 11 is 0. The van der Waals surface area contributed by atoms with Crippen molar-refractivity contribution in [1.29, 1.82) is 0 Å². The molecule has 2 aromatic rings. The summed E-state index contributed by atoms with van der Waals surface area (Å²) in [5, 5.41) is 12.7. The Labute approximate surface area is 188 Å². The van der Waals surface area contributed by atoms with Crippen molar-refractivity contribution in [3.63, 3.8) is 0 Å². The first-order chi connectivity index (χ1) is 15.8. The molecule has 1 saturated carbocycles. The maximum absolute atomic E-state index is 13.4. The molecule has 2 N–H and O–H groups in total. The number of alkyl halides is 6. The van der Waals surface area contributed by atoms with Crippen LogP contribution in [-0.2, 0) is 27.3 Å². The Hall–Kier alpha value is -2.86. The minimum absolute atomic E-state index is 0.00436. The van der Waals surface area contributed by atoms with E-state index in [9.17, 15) is 36.2 Å². The number of halogens is 6. The second kappa shape index (κ2) is 7.08. The normalized spacial score (nSPS) is 31.8. The molecule has 6 nitrogen and oxygen atoms in total. The number of carbonyl (C=O) groups is 1. The molecule has 2 bridgehead atoms. The van der Waals surface area contributed by atoms with Crippen molar-refractivity contribution in [2.75, 3.05) is 12.4 Å². The summed E-state index contributed by atoms with van der Waals surface area (Å²) in [5.74, 6) is -0.520. The summed E-state index contributed by atoms with van der Waals surface area (Å²) < 4.78 is 90.4. The quantitative estimate of drug-likeness (QED) is 0.638. The Morgan fingerprint density at radius 2 is 1.79 bits per heavy atom. The average molecular weight is 488 g/mol. The maximum Gasteiger partial charge on any atom is 0.416 e. The first kappa shape index (κ1) is 22.9. The van der Waals surface area contributed by atoms with Gasteiger partial charge in [0.05, 0.1) is 42.0 Å². The fourth-order valence-corrected chi connectivity index (χ4v) is 5.60. The molecule has 34 heavy (non-hydrogen) atoms. The van der Waals surface area contributed by atoms with Crippen molar-refractivity contribution in [3.8, 4) is 5.88 Å². The zero-order valence-corrected chi connectivity index (χ0v) is 17.5. The van der Waals surface area contributed by atoms with E-state index in [0.717, 1.165) is 0 Å². The fourth-order valence-electron chi connectivity index (χ4n) is 5.60. The Bertz CT molecular complexity index is 1140. The van der Waals surface area contributed by atoms with Gasteiger partial charge in [0, 0.05) is 29.8 Å². The lowest BCUT2D eigenvalue weighted by Gasteiger charge is -2.29. The number of nitrogens with one attached hydrogen (secondary N) is 1. The number of amides is 1. The molecular weight excluding hydrogens is 470 g/mol. The number of fused-ring (bicyclic) bond motifs is 5. The van der Waals surface area contributed by atoms with Gasteiger partial charge in [0.25, 0.3) is 0 Å². The summed E-state index contributed by atoms with van der Waals surface area (Å²) in [5.41, 5.74) is -5.38. The van der Waals surface area contributed by atoms with Gasteiger partial charge in [0.15, 0.2) is 0 Å². The van der Waals surface area contributed by atoms with Crippen molar-refractivity contribution < 1.29 is 45.7 Å². The average Bonchev–Trinajstić information content (AvgIpc) is 3.25. The number of nitrogens with zero attached hydrogens (tertiary/aromatic N) is 1. The largest absolute Gasteiger partial charge is 0.481 e. The van der Waals surface area contributed by atoms with Gasteiger partial charge in [-0.25, -0.2) is 4.98 Å². The third-order valence-corrected chi connectivity index (χ3v) is 7.09. The number of benzene rings is 1. The van der Waals surface area contributed by atoms with Gasteiger partial charge in [0.1, 0.15) is 0 Å². The smallest absolute Gasteiger partial charge is 0.416 e. The molecular formula is C22H18F6N2O4. The SMILES string of the molecule is COc1cc(C23CC2(C(=O)Nc2cc(C(F)(F)F)cc(C(F)(F)F)c2)C2CC(O)C3O2)ccn1. The van der Waals surface area contributed by atoms with Crippen LogP contribution in [0.15, 0.2) is 36.5 Å². The van der Waals surface area contributed by atoms with Crippen molar-refractivity contribution in [3.05, 3.63) is 53.2 Å². The standard InChI is InChI=1S/C22H18F6N2O4/c1-33-16-7-10(2-3-29-16)19-9-20(19,15-8-14(31)17(19)34-15)18(32)30-13-5-11(21(23,24)25)4-12(6-13)22(26,27)28/h2-7,14-15,17,31H,8-9H2,1H3,(H,30,32). The number of carbonyl (C=O) groups excluding carboxylic acids is 1. The van der Waals surface area contributed by atoms with Crippen LogP contribution in [0.3, 0.4) is 0 Å². The molecule has 3 heterocycles. The molecule has 2 aliphatic heterocycles.